The Morgan fingerprint density at radius 2 is 2.30 bits per heavy atom. The summed E-state index contributed by atoms with van der Waals surface area (Å²) in [7, 11) is -0.759. The summed E-state index contributed by atoms with van der Waals surface area (Å²) in [6, 6.07) is 0. The van der Waals surface area contributed by atoms with Gasteiger partial charge in [0.2, 0.25) is 5.95 Å². The van der Waals surface area contributed by atoms with Crippen molar-refractivity contribution in [2.24, 2.45) is 0 Å². The van der Waals surface area contributed by atoms with Gasteiger partial charge in [-0.15, -0.1) is 0 Å². The highest BCUT2D eigenvalue weighted by Crippen LogP contribution is 2.10. The molecule has 0 saturated heterocycles. The second-order valence-electron chi connectivity index (χ2n) is 4.97. The van der Waals surface area contributed by atoms with Crippen LogP contribution in [-0.2, 0) is 22.1 Å². The van der Waals surface area contributed by atoms with Crippen molar-refractivity contribution >= 4 is 16.7 Å². The summed E-state index contributed by atoms with van der Waals surface area (Å²) < 4.78 is 18.8. The van der Waals surface area contributed by atoms with E-state index in [1.165, 1.54) is 0 Å². The van der Waals surface area contributed by atoms with Crippen LogP contribution in [-0.4, -0.2) is 45.0 Å². The van der Waals surface area contributed by atoms with Gasteiger partial charge in [-0.1, -0.05) is 6.92 Å². The van der Waals surface area contributed by atoms with Gasteiger partial charge in [-0.3, -0.25) is 4.21 Å². The molecule has 0 fully saturated rings. The third-order valence-electron chi connectivity index (χ3n) is 3.19. The fraction of sp³-hybridized carbons (Fsp3) is 0.786. The minimum atomic E-state index is -0.759. The Bertz CT molecular complexity index is 421. The minimum absolute atomic E-state index is 0.213. The van der Waals surface area contributed by atoms with Gasteiger partial charge in [0.25, 0.3) is 0 Å². The molecular weight excluding hydrogens is 274 g/mol. The first-order valence-electron chi connectivity index (χ1n) is 7.22. The van der Waals surface area contributed by atoms with E-state index in [1.54, 1.807) is 6.26 Å². The van der Waals surface area contributed by atoms with E-state index in [1.807, 2.05) is 20.8 Å². The van der Waals surface area contributed by atoms with Crippen LogP contribution in [0.25, 0.3) is 0 Å². The molecule has 0 bridgehead atoms. The number of rotatable bonds is 10. The van der Waals surface area contributed by atoms with E-state index in [0.717, 1.165) is 50.8 Å². The Labute approximate surface area is 124 Å². The summed E-state index contributed by atoms with van der Waals surface area (Å²) in [6.07, 6.45) is 5.67. The maximum atomic E-state index is 11.3. The van der Waals surface area contributed by atoms with Gasteiger partial charge in [-0.2, -0.15) is 0 Å². The summed E-state index contributed by atoms with van der Waals surface area (Å²) in [6.45, 7) is 9.25. The van der Waals surface area contributed by atoms with Gasteiger partial charge in [0, 0.05) is 54.8 Å². The fourth-order valence-corrected chi connectivity index (χ4v) is 2.34. The molecule has 0 aliphatic carbocycles. The van der Waals surface area contributed by atoms with Crippen LogP contribution in [0, 0.1) is 6.92 Å². The van der Waals surface area contributed by atoms with Crippen LogP contribution in [0.5, 0.6) is 0 Å². The summed E-state index contributed by atoms with van der Waals surface area (Å²) in [5, 5.41) is 3.55. The second-order valence-corrected chi connectivity index (χ2v) is 6.78. The summed E-state index contributed by atoms with van der Waals surface area (Å²) in [5.41, 5.74) is 1.01. The van der Waals surface area contributed by atoms with E-state index in [4.69, 9.17) is 4.74 Å². The van der Waals surface area contributed by atoms with Gasteiger partial charge in [0.05, 0.1) is 5.69 Å². The predicted octanol–water partition coefficient (Wildman–Crippen LogP) is 2.19. The normalized spacial score (nSPS) is 14.2. The standard InChI is InChI=1S/C14H27N3O2S/c1-5-19-10-6-9-17-11-12(2)16-14(17)15-8-7-13(3)20(4)18/h11,13H,5-10H2,1-4H3,(H,15,16). The maximum absolute atomic E-state index is 11.3. The van der Waals surface area contributed by atoms with Gasteiger partial charge in [0.1, 0.15) is 0 Å². The molecule has 0 amide bonds. The molecule has 0 saturated carbocycles. The highest BCUT2D eigenvalue weighted by atomic mass is 32.2. The highest BCUT2D eigenvalue weighted by Gasteiger charge is 2.08. The van der Waals surface area contributed by atoms with Crippen LogP contribution < -0.4 is 5.32 Å². The predicted molar refractivity (Wildman–Crippen MR) is 84.7 cm³/mol. The van der Waals surface area contributed by atoms with Crippen LogP contribution in [0.4, 0.5) is 5.95 Å². The molecule has 6 heteroatoms. The quantitative estimate of drug-likeness (QED) is 0.673. The van der Waals surface area contributed by atoms with E-state index >= 15 is 0 Å². The van der Waals surface area contributed by atoms with Crippen molar-refractivity contribution in [1.82, 2.24) is 9.55 Å². The van der Waals surface area contributed by atoms with E-state index in [-0.39, 0.29) is 5.25 Å². The van der Waals surface area contributed by atoms with Crippen molar-refractivity contribution in [3.63, 3.8) is 0 Å². The molecular formula is C14H27N3O2S. The maximum Gasteiger partial charge on any atom is 0.203 e. The zero-order valence-corrected chi connectivity index (χ0v) is 13.8. The van der Waals surface area contributed by atoms with Gasteiger partial charge in [0.15, 0.2) is 0 Å². The molecule has 0 spiro atoms. The Morgan fingerprint density at radius 3 is 2.95 bits per heavy atom. The number of anilines is 1. The van der Waals surface area contributed by atoms with Gasteiger partial charge >= 0.3 is 0 Å². The number of nitrogens with zero attached hydrogens (tertiary/aromatic N) is 2. The number of aryl methyl sites for hydroxylation is 2. The molecule has 1 aromatic heterocycles. The Kier molecular flexibility index (Phi) is 7.84. The van der Waals surface area contributed by atoms with Crippen LogP contribution >= 0.6 is 0 Å². The monoisotopic (exact) mass is 301 g/mol. The molecule has 1 N–H and O–H groups in total. The summed E-state index contributed by atoms with van der Waals surface area (Å²) in [4.78, 5) is 4.49. The molecule has 20 heavy (non-hydrogen) atoms. The molecule has 0 aliphatic rings. The summed E-state index contributed by atoms with van der Waals surface area (Å²) >= 11 is 0. The highest BCUT2D eigenvalue weighted by molar-refractivity contribution is 7.84. The lowest BCUT2D eigenvalue weighted by atomic mass is 10.3. The molecule has 5 nitrogen and oxygen atoms in total. The zero-order chi connectivity index (χ0) is 15.0. The topological polar surface area (TPSA) is 56.1 Å². The molecule has 0 aliphatic heterocycles. The lowest BCUT2D eigenvalue weighted by Crippen LogP contribution is -2.16. The largest absolute Gasteiger partial charge is 0.382 e. The second kappa shape index (κ2) is 9.13. The van der Waals surface area contributed by atoms with Crippen molar-refractivity contribution in [2.75, 3.05) is 31.3 Å². The zero-order valence-electron chi connectivity index (χ0n) is 13.0. The Balaban J connectivity index is 2.42. The van der Waals surface area contributed by atoms with E-state index in [9.17, 15) is 4.21 Å². The SMILES string of the molecule is CCOCCCn1cc(C)nc1NCCC(C)S(C)=O. The Morgan fingerprint density at radius 1 is 1.55 bits per heavy atom. The first kappa shape index (κ1) is 17.2. The Hall–Kier alpha value is -0.880. The molecule has 0 radical (unpaired) electrons. The fourth-order valence-electron chi connectivity index (χ4n) is 1.89. The van der Waals surface area contributed by atoms with Crippen LogP contribution in [0.3, 0.4) is 0 Å². The van der Waals surface area contributed by atoms with Crippen LogP contribution in [0.15, 0.2) is 6.20 Å². The first-order chi connectivity index (χ1) is 9.54. The van der Waals surface area contributed by atoms with Crippen molar-refractivity contribution in [1.29, 1.82) is 0 Å². The average Bonchev–Trinajstić information content (AvgIpc) is 2.75. The molecule has 0 aromatic carbocycles. The van der Waals surface area contributed by atoms with E-state index in [0.29, 0.717) is 0 Å². The third-order valence-corrected chi connectivity index (χ3v) is 4.56. The van der Waals surface area contributed by atoms with E-state index in [2.05, 4.69) is 21.1 Å². The van der Waals surface area contributed by atoms with Crippen LogP contribution in [0.1, 0.15) is 32.4 Å². The van der Waals surface area contributed by atoms with Crippen molar-refractivity contribution in [2.45, 2.75) is 45.4 Å². The number of nitrogens with one attached hydrogen (secondary N) is 1. The lowest BCUT2D eigenvalue weighted by Gasteiger charge is -2.11. The van der Waals surface area contributed by atoms with Crippen molar-refractivity contribution in [3.8, 4) is 0 Å². The molecule has 2 unspecified atom stereocenters. The van der Waals surface area contributed by atoms with Crippen molar-refractivity contribution in [3.05, 3.63) is 11.9 Å². The smallest absolute Gasteiger partial charge is 0.203 e. The summed E-state index contributed by atoms with van der Waals surface area (Å²) in [5.74, 6) is 0.896. The van der Waals surface area contributed by atoms with Gasteiger partial charge in [-0.25, -0.2) is 4.98 Å². The van der Waals surface area contributed by atoms with Crippen LogP contribution in [0.2, 0.25) is 0 Å². The molecule has 1 heterocycles. The van der Waals surface area contributed by atoms with Crippen molar-refractivity contribution < 1.29 is 8.95 Å². The number of aromatic nitrogens is 2. The first-order valence-corrected chi connectivity index (χ1v) is 8.84. The van der Waals surface area contributed by atoms with Gasteiger partial charge < -0.3 is 14.6 Å². The molecule has 1 rings (SSSR count). The third kappa shape index (κ3) is 6.05. The van der Waals surface area contributed by atoms with E-state index < -0.39 is 10.8 Å². The molecule has 1 aromatic rings. The lowest BCUT2D eigenvalue weighted by molar-refractivity contribution is 0.142. The molecule has 116 valence electrons. The van der Waals surface area contributed by atoms with Gasteiger partial charge in [-0.05, 0) is 26.7 Å². The molecule has 2 atom stereocenters. The minimum Gasteiger partial charge on any atom is -0.382 e. The number of hydrogen-bond donors (Lipinski definition) is 1. The average molecular weight is 301 g/mol. The number of hydrogen-bond acceptors (Lipinski definition) is 4. The number of imidazole rings is 1. The number of ether oxygens (including phenoxy) is 1.